The molecule has 5 N–H and O–H groups in total. The van der Waals surface area contributed by atoms with E-state index in [0.29, 0.717) is 76.2 Å². The Morgan fingerprint density at radius 2 is 1.53 bits per heavy atom. The number of methoxy groups -OCH3 is 3. The number of ketones is 1. The molecule has 1 unspecified atom stereocenters. The molecule has 68 heavy (non-hydrogen) atoms. The number of unbranched alkanes of at least 4 members (excludes halogenated alkanes) is 3. The van der Waals surface area contributed by atoms with E-state index >= 15 is 0 Å². The van der Waals surface area contributed by atoms with Gasteiger partial charge in [-0.2, -0.15) is 0 Å². The summed E-state index contributed by atoms with van der Waals surface area (Å²) in [6.07, 6.45) is 6.24. The molecule has 0 spiro atoms. The fraction of sp³-hybridized carbons (Fsp3) is 0.808. The average Bonchev–Trinajstić information content (AvgIpc) is 3.30. The molecule has 16 nitrogen and oxygen atoms in total. The zero-order chi connectivity index (χ0) is 50.3. The highest BCUT2D eigenvalue weighted by Gasteiger charge is 2.56. The van der Waals surface area contributed by atoms with Crippen LogP contribution in [0.3, 0.4) is 0 Å². The summed E-state index contributed by atoms with van der Waals surface area (Å²) in [6, 6.07) is -0.977. The number of Topliss-reactive ketones (excluding diaryl/α,β-unsaturated/α-hetero) is 1. The Morgan fingerprint density at radius 1 is 0.868 bits per heavy atom. The number of allylic oxidation sites excluding steroid dienone is 3. The number of carboxylic acids is 1. The highest BCUT2D eigenvalue weighted by atomic mass is 16.7. The number of aliphatic hydroxyl groups excluding tert-OH is 3. The lowest BCUT2D eigenvalue weighted by atomic mass is 9.81. The summed E-state index contributed by atoms with van der Waals surface area (Å²) in [6.45, 7) is 13.4. The van der Waals surface area contributed by atoms with Gasteiger partial charge in [-0.1, -0.05) is 57.4 Å². The summed E-state index contributed by atoms with van der Waals surface area (Å²) in [5.41, 5.74) is 1.71. The Hall–Kier alpha value is -3.06. The van der Waals surface area contributed by atoms with Gasteiger partial charge in [0.15, 0.2) is 6.29 Å². The van der Waals surface area contributed by atoms with E-state index in [9.17, 15) is 39.6 Å². The van der Waals surface area contributed by atoms with Crippen molar-refractivity contribution in [2.45, 2.75) is 211 Å². The van der Waals surface area contributed by atoms with Crippen molar-refractivity contribution in [3.05, 3.63) is 36.0 Å². The van der Waals surface area contributed by atoms with E-state index in [1.54, 1.807) is 27.0 Å². The van der Waals surface area contributed by atoms with Gasteiger partial charge in [0.05, 0.1) is 42.7 Å². The molecule has 3 fully saturated rings. The zero-order valence-electron chi connectivity index (χ0n) is 42.1. The predicted octanol–water partition coefficient (Wildman–Crippen LogP) is 6.20. The number of fused-ring (bicyclic) bond motifs is 3. The Kier molecular flexibility index (Phi) is 23.3. The zero-order valence-corrected chi connectivity index (χ0v) is 42.1. The Morgan fingerprint density at radius 3 is 2.18 bits per heavy atom. The van der Waals surface area contributed by atoms with Crippen LogP contribution >= 0.6 is 0 Å². The number of carbonyl (C=O) groups is 4. The molecule has 388 valence electrons. The lowest BCUT2D eigenvalue weighted by Crippen LogP contribution is -2.64. The second-order valence-corrected chi connectivity index (χ2v) is 20.4. The normalized spacial score (nSPS) is 38.4. The number of piperidine rings is 1. The maximum absolute atomic E-state index is 14.4. The lowest BCUT2D eigenvalue weighted by molar-refractivity contribution is -0.302. The van der Waals surface area contributed by atoms with Gasteiger partial charge in [0.25, 0.3) is 11.7 Å². The number of hydrogen-bond acceptors (Lipinski definition) is 14. The van der Waals surface area contributed by atoms with Crippen molar-refractivity contribution in [1.29, 1.82) is 0 Å². The number of carbonyl (C=O) groups excluding carboxylic acids is 3. The van der Waals surface area contributed by atoms with Gasteiger partial charge in [0.2, 0.25) is 5.79 Å². The number of esters is 1. The van der Waals surface area contributed by atoms with Crippen LogP contribution in [0.15, 0.2) is 36.0 Å². The number of carboxylic acid groups (broad SMARTS) is 1. The van der Waals surface area contributed by atoms with Crippen LogP contribution in [0, 0.1) is 29.6 Å². The molecule has 3 aliphatic heterocycles. The van der Waals surface area contributed by atoms with Gasteiger partial charge in [-0.05, 0) is 108 Å². The van der Waals surface area contributed by atoms with E-state index in [4.69, 9.17) is 33.5 Å². The quantitative estimate of drug-likeness (QED) is 0.0533. The predicted molar refractivity (Wildman–Crippen MR) is 254 cm³/mol. The van der Waals surface area contributed by atoms with Crippen LogP contribution in [0.1, 0.15) is 144 Å². The van der Waals surface area contributed by atoms with E-state index in [1.165, 1.54) is 19.1 Å². The molecule has 1 aliphatic carbocycles. The molecule has 4 rings (SSSR count). The molecule has 1 amide bonds. The van der Waals surface area contributed by atoms with Gasteiger partial charge in [0.1, 0.15) is 12.2 Å². The van der Waals surface area contributed by atoms with Gasteiger partial charge in [-0.25, -0.2) is 0 Å². The Bertz CT molecular complexity index is 1700. The molecule has 2 saturated heterocycles. The molecule has 0 aromatic rings. The minimum atomic E-state index is -2.50. The third kappa shape index (κ3) is 15.7. The van der Waals surface area contributed by atoms with Crippen LogP contribution in [0.25, 0.3) is 0 Å². The number of rotatable bonds is 15. The first-order chi connectivity index (χ1) is 32.3. The molecular weight excluding hydrogens is 879 g/mol. The Labute approximate surface area is 404 Å². The van der Waals surface area contributed by atoms with Crippen molar-refractivity contribution in [1.82, 2.24) is 4.90 Å². The summed E-state index contributed by atoms with van der Waals surface area (Å²) in [5, 5.41) is 56.8. The smallest absolute Gasteiger partial charge is 0.306 e. The van der Waals surface area contributed by atoms with Gasteiger partial charge in [-0.15, -0.1) is 6.58 Å². The van der Waals surface area contributed by atoms with E-state index in [0.717, 1.165) is 18.4 Å². The number of amides is 1. The molecule has 16 atom stereocenters. The first kappa shape index (κ1) is 57.5. The van der Waals surface area contributed by atoms with Crippen LogP contribution in [-0.2, 0) is 47.6 Å². The van der Waals surface area contributed by atoms with Gasteiger partial charge >= 0.3 is 11.9 Å². The van der Waals surface area contributed by atoms with E-state index in [1.807, 2.05) is 26.0 Å². The highest BCUT2D eigenvalue weighted by molar-refractivity contribution is 6.38. The van der Waals surface area contributed by atoms with Crippen molar-refractivity contribution >= 4 is 23.6 Å². The number of nitrogens with zero attached hydrogens (tertiary/aromatic N) is 1. The van der Waals surface area contributed by atoms with Crippen LogP contribution in [-0.4, -0.2) is 149 Å². The number of aliphatic carboxylic acids is 1. The SMILES string of the molecule is C=CC[C@@H]1/C=C(\C)C[C@H](C)C[C@H](OC)C2O[C@@](O)(C(=O)C(=O)N3CCCC[C@H]3[C@H](O)O[C@H](/C(C)=C/[C@@H]3CC[C@@H](OC(=O)CCCCCCC(=O)O)[C@H](OC)C3)[C@H](C)[C@@H](O)C[C@H]1O)[C@H](C)C[C@@H]2OC. The van der Waals surface area contributed by atoms with E-state index in [2.05, 4.69) is 13.5 Å². The van der Waals surface area contributed by atoms with E-state index in [-0.39, 0.29) is 56.0 Å². The summed E-state index contributed by atoms with van der Waals surface area (Å²) in [4.78, 5) is 53.7. The first-order valence-electron chi connectivity index (χ1n) is 25.2. The molecule has 2 bridgehead atoms. The van der Waals surface area contributed by atoms with Crippen molar-refractivity contribution in [3.63, 3.8) is 0 Å². The lowest BCUT2D eigenvalue weighted by Gasteiger charge is -2.47. The minimum absolute atomic E-state index is 0.00468. The first-order valence-corrected chi connectivity index (χ1v) is 25.2. The maximum Gasteiger partial charge on any atom is 0.306 e. The third-order valence-electron chi connectivity index (χ3n) is 15.0. The average molecular weight is 964 g/mol. The fourth-order valence-corrected chi connectivity index (χ4v) is 11.0. The van der Waals surface area contributed by atoms with Gasteiger partial charge in [-0.3, -0.25) is 19.2 Å². The number of ether oxygens (including phenoxy) is 6. The highest BCUT2D eigenvalue weighted by Crippen LogP contribution is 2.40. The molecule has 3 heterocycles. The Balaban J connectivity index is 1.65. The summed E-state index contributed by atoms with van der Waals surface area (Å²) >= 11 is 0. The molecule has 0 aromatic heterocycles. The molecule has 0 aromatic carbocycles. The van der Waals surface area contributed by atoms with Crippen LogP contribution in [0.5, 0.6) is 0 Å². The fourth-order valence-electron chi connectivity index (χ4n) is 11.0. The molecule has 0 radical (unpaired) electrons. The van der Waals surface area contributed by atoms with Crippen LogP contribution in [0.4, 0.5) is 0 Å². The summed E-state index contributed by atoms with van der Waals surface area (Å²) in [7, 11) is 4.65. The molecule has 1 saturated carbocycles. The second kappa shape index (κ2) is 27.5. The van der Waals surface area contributed by atoms with Gasteiger partial charge < -0.3 is 58.9 Å². The summed E-state index contributed by atoms with van der Waals surface area (Å²) in [5.74, 6) is -7.70. The standard InChI is InChI=1S/C52H85NO15/c1-10-17-37-25-31(2)24-32(3)26-43(64-8)48-44(65-9)28-34(5)52(62,68-48)49(59)50(60)53-23-16-15-18-38(53)51(61)67-47(35(6)39(54)30-40(37)55)33(4)27-36-21-22-41(42(29-36)63-7)66-46(58)20-14-12-11-13-19-45(56)57/h10,25,27,32,34-44,47-48,51,54-55,61-62H,1,11-24,26,28-30H2,2-9H3,(H,56,57)/b31-25+,33-27+/t32-,34+,35+,36-,37+,38-,39-,40+,41+,42+,43-,44-,47+,48?,51+,52+/m0/s1. The molecule has 4 aliphatic rings. The minimum Gasteiger partial charge on any atom is -0.481 e. The van der Waals surface area contributed by atoms with Crippen molar-refractivity contribution in [3.8, 4) is 0 Å². The second-order valence-electron chi connectivity index (χ2n) is 20.4. The van der Waals surface area contributed by atoms with Gasteiger partial charge in [0, 0.05) is 64.9 Å². The maximum atomic E-state index is 14.4. The topological polar surface area (TPSA) is 228 Å². The largest absolute Gasteiger partial charge is 0.481 e. The molecular formula is C52H85NO15. The van der Waals surface area contributed by atoms with Crippen molar-refractivity contribution < 1.29 is 73.1 Å². The van der Waals surface area contributed by atoms with Crippen LogP contribution < -0.4 is 0 Å². The summed E-state index contributed by atoms with van der Waals surface area (Å²) < 4.78 is 36.4. The van der Waals surface area contributed by atoms with Crippen molar-refractivity contribution in [2.75, 3.05) is 27.9 Å². The third-order valence-corrected chi connectivity index (χ3v) is 15.0. The van der Waals surface area contributed by atoms with Crippen LogP contribution in [0.2, 0.25) is 0 Å². The number of hydrogen-bond donors (Lipinski definition) is 5. The molecule has 16 heteroatoms. The number of aliphatic hydroxyl groups is 4. The van der Waals surface area contributed by atoms with E-state index < -0.39 is 96.4 Å². The monoisotopic (exact) mass is 964 g/mol. The van der Waals surface area contributed by atoms with Crippen molar-refractivity contribution in [2.24, 2.45) is 29.6 Å².